The van der Waals surface area contributed by atoms with Crippen LogP contribution in [0.3, 0.4) is 0 Å². The summed E-state index contributed by atoms with van der Waals surface area (Å²) in [4.78, 5) is 34.2. The summed E-state index contributed by atoms with van der Waals surface area (Å²) in [5.74, 6) is 0.494. The second-order valence-corrected chi connectivity index (χ2v) is 10.4. The van der Waals surface area contributed by atoms with Crippen molar-refractivity contribution in [2.45, 2.75) is 46.7 Å². The number of aryl methyl sites for hydroxylation is 1. The van der Waals surface area contributed by atoms with Crippen molar-refractivity contribution in [3.63, 3.8) is 0 Å². The van der Waals surface area contributed by atoms with Gasteiger partial charge in [-0.1, -0.05) is 92.2 Å². The van der Waals surface area contributed by atoms with Crippen LogP contribution in [0.15, 0.2) is 89.7 Å². The van der Waals surface area contributed by atoms with Crippen molar-refractivity contribution < 1.29 is 4.79 Å². The highest BCUT2D eigenvalue weighted by Gasteiger charge is 2.33. The van der Waals surface area contributed by atoms with Crippen LogP contribution in [0.25, 0.3) is 11.1 Å². The normalized spacial score (nSPS) is 11.9. The molecule has 1 amide bonds. The third-order valence-electron chi connectivity index (χ3n) is 7.11. The molecule has 6 nitrogen and oxygen atoms in total. The molecule has 202 valence electrons. The zero-order chi connectivity index (χ0) is 27.9. The monoisotopic (exact) mass is 522 g/mol. The minimum atomic E-state index is -0.426. The maximum Gasteiger partial charge on any atom is 0.281 e. The van der Waals surface area contributed by atoms with Crippen molar-refractivity contribution in [3.05, 3.63) is 123 Å². The molecule has 6 heteroatoms. The first-order valence-electron chi connectivity index (χ1n) is 13.6. The van der Waals surface area contributed by atoms with Crippen molar-refractivity contribution in [2.75, 3.05) is 13.1 Å². The average Bonchev–Trinajstić information content (AvgIpc) is 2.93. The highest BCUT2D eigenvalue weighted by atomic mass is 16.2. The van der Waals surface area contributed by atoms with Gasteiger partial charge in [0.1, 0.15) is 5.82 Å². The number of amides is 1. The van der Waals surface area contributed by atoms with Gasteiger partial charge in [0.25, 0.3) is 11.5 Å². The standard InChI is InChI=1S/C33H38N4O2/c1-23(2)30(36(21-11-20-34)33(39)28-18-16-24(3)17-19-28)31-35-32(38)29(27-14-9-6-10-15-27)25(4)37(31)22-26-12-7-5-8-13-26/h5-10,12-19,23,30H,11,20-22,34H2,1-4H3. The van der Waals surface area contributed by atoms with Gasteiger partial charge in [0.05, 0.1) is 11.6 Å². The third-order valence-corrected chi connectivity index (χ3v) is 7.11. The highest BCUT2D eigenvalue weighted by molar-refractivity contribution is 5.94. The van der Waals surface area contributed by atoms with Crippen LogP contribution >= 0.6 is 0 Å². The van der Waals surface area contributed by atoms with Crippen molar-refractivity contribution >= 4 is 5.91 Å². The summed E-state index contributed by atoms with van der Waals surface area (Å²) in [5.41, 5.74) is 10.6. The number of nitrogens with zero attached hydrogens (tertiary/aromatic N) is 3. The molecule has 1 atom stereocenters. The van der Waals surface area contributed by atoms with E-state index in [-0.39, 0.29) is 17.4 Å². The number of benzene rings is 3. The quantitative estimate of drug-likeness (QED) is 0.287. The predicted octanol–water partition coefficient (Wildman–Crippen LogP) is 5.76. The molecule has 39 heavy (non-hydrogen) atoms. The zero-order valence-electron chi connectivity index (χ0n) is 23.3. The van der Waals surface area contributed by atoms with Crippen LogP contribution < -0.4 is 11.3 Å². The van der Waals surface area contributed by atoms with Crippen molar-refractivity contribution in [1.82, 2.24) is 14.5 Å². The van der Waals surface area contributed by atoms with E-state index in [1.807, 2.05) is 91.5 Å². The summed E-state index contributed by atoms with van der Waals surface area (Å²) >= 11 is 0. The van der Waals surface area contributed by atoms with Gasteiger partial charge < -0.3 is 15.2 Å². The fourth-order valence-electron chi connectivity index (χ4n) is 5.10. The topological polar surface area (TPSA) is 81.2 Å². The van der Waals surface area contributed by atoms with E-state index in [9.17, 15) is 9.59 Å². The molecule has 0 radical (unpaired) electrons. The molecule has 1 heterocycles. The van der Waals surface area contributed by atoms with Gasteiger partial charge in [-0.3, -0.25) is 9.59 Å². The largest absolute Gasteiger partial charge is 0.330 e. The Morgan fingerprint density at radius 2 is 1.54 bits per heavy atom. The van der Waals surface area contributed by atoms with Crippen LogP contribution in [0.1, 0.15) is 59.3 Å². The molecular formula is C33H38N4O2. The molecule has 0 saturated carbocycles. The molecule has 4 aromatic rings. The van der Waals surface area contributed by atoms with Gasteiger partial charge >= 0.3 is 0 Å². The minimum absolute atomic E-state index is 0.00642. The van der Waals surface area contributed by atoms with Gasteiger partial charge in [-0.15, -0.1) is 0 Å². The summed E-state index contributed by atoms with van der Waals surface area (Å²) in [6.07, 6.45) is 0.644. The minimum Gasteiger partial charge on any atom is -0.330 e. The maximum absolute atomic E-state index is 14.0. The fraction of sp³-hybridized carbons (Fsp3) is 0.303. The Bertz CT molecular complexity index is 1450. The lowest BCUT2D eigenvalue weighted by atomic mass is 9.97. The Morgan fingerprint density at radius 1 is 0.923 bits per heavy atom. The van der Waals surface area contributed by atoms with E-state index in [4.69, 9.17) is 10.7 Å². The van der Waals surface area contributed by atoms with Crippen LogP contribution in [0, 0.1) is 19.8 Å². The lowest BCUT2D eigenvalue weighted by Gasteiger charge is -2.36. The van der Waals surface area contributed by atoms with Crippen LogP contribution in [0.4, 0.5) is 0 Å². The molecule has 0 bridgehead atoms. The van der Waals surface area contributed by atoms with Gasteiger partial charge in [0.2, 0.25) is 0 Å². The summed E-state index contributed by atoms with van der Waals surface area (Å²) < 4.78 is 2.11. The van der Waals surface area contributed by atoms with E-state index < -0.39 is 6.04 Å². The van der Waals surface area contributed by atoms with E-state index in [2.05, 4.69) is 30.5 Å². The Kier molecular flexibility index (Phi) is 9.10. The van der Waals surface area contributed by atoms with Gasteiger partial charge in [-0.05, 0) is 56.0 Å². The van der Waals surface area contributed by atoms with Crippen LogP contribution in [-0.4, -0.2) is 33.4 Å². The number of hydrogen-bond acceptors (Lipinski definition) is 4. The number of rotatable bonds is 10. The third kappa shape index (κ3) is 6.35. The summed E-state index contributed by atoms with van der Waals surface area (Å²) in [6.45, 7) is 9.57. The molecule has 1 unspecified atom stereocenters. The van der Waals surface area contributed by atoms with Gasteiger partial charge in [-0.2, -0.15) is 4.98 Å². The number of hydrogen-bond donors (Lipinski definition) is 1. The molecule has 4 rings (SSSR count). The Hall–Kier alpha value is -4.03. The van der Waals surface area contributed by atoms with Crippen LogP contribution in [0.5, 0.6) is 0 Å². The summed E-state index contributed by atoms with van der Waals surface area (Å²) in [7, 11) is 0. The molecule has 0 spiro atoms. The number of aromatic nitrogens is 2. The van der Waals surface area contributed by atoms with E-state index >= 15 is 0 Å². The molecule has 3 aromatic carbocycles. The first kappa shape index (κ1) is 28.0. The second-order valence-electron chi connectivity index (χ2n) is 10.4. The molecule has 0 aliphatic rings. The molecule has 0 fully saturated rings. The first-order chi connectivity index (χ1) is 18.8. The fourth-order valence-corrected chi connectivity index (χ4v) is 5.10. The second kappa shape index (κ2) is 12.7. The molecule has 0 aliphatic carbocycles. The Labute approximate surface area is 231 Å². The van der Waals surface area contributed by atoms with E-state index in [1.54, 1.807) is 0 Å². The van der Waals surface area contributed by atoms with Gasteiger partial charge in [-0.25, -0.2) is 0 Å². The number of nitrogens with two attached hydrogens (primary N) is 1. The van der Waals surface area contributed by atoms with E-state index in [0.29, 0.717) is 43.0 Å². The van der Waals surface area contributed by atoms with Crippen molar-refractivity contribution in [2.24, 2.45) is 11.7 Å². The maximum atomic E-state index is 14.0. The van der Waals surface area contributed by atoms with Crippen LogP contribution in [0.2, 0.25) is 0 Å². The predicted molar refractivity (Wildman–Crippen MR) is 158 cm³/mol. The van der Waals surface area contributed by atoms with E-state index in [0.717, 1.165) is 22.4 Å². The lowest BCUT2D eigenvalue weighted by Crippen LogP contribution is -2.42. The highest BCUT2D eigenvalue weighted by Crippen LogP contribution is 2.32. The molecule has 2 N–H and O–H groups in total. The molecule has 1 aromatic heterocycles. The molecule has 0 aliphatic heterocycles. The summed E-state index contributed by atoms with van der Waals surface area (Å²) in [5, 5.41) is 0. The van der Waals surface area contributed by atoms with Crippen molar-refractivity contribution in [3.8, 4) is 11.1 Å². The van der Waals surface area contributed by atoms with Crippen molar-refractivity contribution in [1.29, 1.82) is 0 Å². The molecule has 0 saturated heterocycles. The van der Waals surface area contributed by atoms with Gasteiger partial charge in [0, 0.05) is 24.3 Å². The average molecular weight is 523 g/mol. The van der Waals surface area contributed by atoms with E-state index in [1.165, 1.54) is 0 Å². The zero-order valence-corrected chi connectivity index (χ0v) is 23.3. The SMILES string of the molecule is Cc1ccc(C(=O)N(CCCN)C(c2nc(=O)c(-c3ccccc3)c(C)n2Cc2ccccc2)C(C)C)cc1. The Morgan fingerprint density at radius 3 is 2.13 bits per heavy atom. The smallest absolute Gasteiger partial charge is 0.281 e. The molecular weight excluding hydrogens is 484 g/mol. The first-order valence-corrected chi connectivity index (χ1v) is 13.6. The number of carbonyl (C=O) groups excluding carboxylic acids is 1. The van der Waals surface area contributed by atoms with Gasteiger partial charge in [0.15, 0.2) is 0 Å². The lowest BCUT2D eigenvalue weighted by molar-refractivity contribution is 0.0602. The summed E-state index contributed by atoms with van der Waals surface area (Å²) in [6, 6.07) is 27.0. The van der Waals surface area contributed by atoms with Crippen LogP contribution in [-0.2, 0) is 6.54 Å². The number of carbonyl (C=O) groups is 1. The Balaban J connectivity index is 1.92.